The van der Waals surface area contributed by atoms with Crippen LogP contribution in [0.25, 0.3) is 0 Å². The van der Waals surface area contributed by atoms with Gasteiger partial charge in [0.25, 0.3) is 0 Å². The van der Waals surface area contributed by atoms with Gasteiger partial charge in [-0.3, -0.25) is 5.32 Å². The minimum Gasteiger partial charge on any atom is -0.479 e. The summed E-state index contributed by atoms with van der Waals surface area (Å²) < 4.78 is 0. The summed E-state index contributed by atoms with van der Waals surface area (Å²) in [6.45, 7) is 0.590. The molecular weight excluding hydrogens is 202 g/mol. The fourth-order valence-corrected chi connectivity index (χ4v) is 2.01. The molecule has 1 atom stereocenters. The highest BCUT2D eigenvalue weighted by Crippen LogP contribution is 2.32. The first-order valence-electron chi connectivity index (χ1n) is 4.40. The van der Waals surface area contributed by atoms with E-state index in [1.54, 1.807) is 12.1 Å². The Balaban J connectivity index is 2.55. The molecule has 0 spiro atoms. The summed E-state index contributed by atoms with van der Waals surface area (Å²) in [7, 11) is 0. The van der Waals surface area contributed by atoms with Gasteiger partial charge in [0.05, 0.1) is 0 Å². The van der Waals surface area contributed by atoms with Crippen molar-refractivity contribution >= 4 is 17.6 Å². The first kappa shape index (κ1) is 9.49. The molecule has 1 unspecified atom stereocenters. The topological polar surface area (TPSA) is 49.3 Å². The number of nitrogens with one attached hydrogen (secondary N) is 1. The van der Waals surface area contributed by atoms with Crippen LogP contribution in [0.5, 0.6) is 0 Å². The minimum absolute atomic E-state index is 0.590. The van der Waals surface area contributed by atoms with Crippen LogP contribution in [0.15, 0.2) is 24.3 Å². The van der Waals surface area contributed by atoms with Gasteiger partial charge in [-0.15, -0.1) is 0 Å². The maximum atomic E-state index is 11.0. The summed E-state index contributed by atoms with van der Waals surface area (Å²) in [4.78, 5) is 9.59. The summed E-state index contributed by atoms with van der Waals surface area (Å²) >= 11 is 6.03. The van der Waals surface area contributed by atoms with Crippen LogP contribution in [-0.4, -0.2) is 17.6 Å². The zero-order valence-corrected chi connectivity index (χ0v) is 8.21. The Morgan fingerprint density at radius 2 is 2.21 bits per heavy atom. The zero-order chi connectivity index (χ0) is 10.2. The monoisotopic (exact) mass is 211 g/mol. The number of benzene rings is 1. The molecule has 4 heteroatoms. The van der Waals surface area contributed by atoms with Crippen molar-refractivity contribution in [1.82, 2.24) is 5.32 Å². The predicted octanol–water partition coefficient (Wildman–Crippen LogP) is 1.31. The molecule has 1 heterocycles. The van der Waals surface area contributed by atoms with E-state index < -0.39 is 11.0 Å². The second kappa shape index (κ2) is 3.26. The summed E-state index contributed by atoms with van der Waals surface area (Å²) in [5.74, 6) is -1.05. The average Bonchev–Trinajstić information content (AvgIpc) is 2.18. The molecule has 0 aliphatic carbocycles. The average molecular weight is 212 g/mol. The Kier molecular flexibility index (Phi) is 2.21. The number of halogens is 1. The van der Waals surface area contributed by atoms with Crippen molar-refractivity contribution in [2.24, 2.45) is 0 Å². The van der Waals surface area contributed by atoms with Gasteiger partial charge in [-0.05, 0) is 12.0 Å². The summed E-state index contributed by atoms with van der Waals surface area (Å²) in [6.07, 6.45) is 0.817. The molecule has 0 aromatic heterocycles. The van der Waals surface area contributed by atoms with Crippen LogP contribution < -0.4 is 5.32 Å². The molecule has 74 valence electrons. The molecule has 3 nitrogen and oxygen atoms in total. The molecule has 1 aliphatic heterocycles. The molecular formula is C10H10ClNO2. The van der Waals surface area contributed by atoms with Crippen LogP contribution in [0.1, 0.15) is 11.1 Å². The van der Waals surface area contributed by atoms with Crippen molar-refractivity contribution < 1.29 is 9.90 Å². The van der Waals surface area contributed by atoms with E-state index in [4.69, 9.17) is 16.7 Å². The first-order valence-corrected chi connectivity index (χ1v) is 4.78. The number of aliphatic carboxylic acids is 1. The maximum Gasteiger partial charge on any atom is 0.344 e. The van der Waals surface area contributed by atoms with Gasteiger partial charge in [-0.25, -0.2) is 4.79 Å². The molecule has 14 heavy (non-hydrogen) atoms. The zero-order valence-electron chi connectivity index (χ0n) is 7.46. The standard InChI is InChI=1S/C10H10ClNO2/c11-10(9(13)14)8-4-2-1-3-7(8)5-6-12-10/h1-4,12H,5-6H2,(H,13,14). The van der Waals surface area contributed by atoms with Gasteiger partial charge in [0.15, 0.2) is 0 Å². The van der Waals surface area contributed by atoms with Crippen molar-refractivity contribution in [3.8, 4) is 0 Å². The third-order valence-electron chi connectivity index (χ3n) is 2.45. The lowest BCUT2D eigenvalue weighted by Crippen LogP contribution is -2.48. The van der Waals surface area contributed by atoms with Crippen molar-refractivity contribution in [1.29, 1.82) is 0 Å². The molecule has 1 aliphatic rings. The van der Waals surface area contributed by atoms with Gasteiger partial charge in [-0.1, -0.05) is 35.9 Å². The Morgan fingerprint density at radius 1 is 1.50 bits per heavy atom. The highest BCUT2D eigenvalue weighted by atomic mass is 35.5. The van der Waals surface area contributed by atoms with Crippen LogP contribution in [0.4, 0.5) is 0 Å². The van der Waals surface area contributed by atoms with Crippen molar-refractivity contribution in [2.45, 2.75) is 11.4 Å². The van der Waals surface area contributed by atoms with E-state index in [1.165, 1.54) is 0 Å². The van der Waals surface area contributed by atoms with Crippen molar-refractivity contribution in [2.75, 3.05) is 6.54 Å². The van der Waals surface area contributed by atoms with Gasteiger partial charge in [0.1, 0.15) is 0 Å². The fraction of sp³-hybridized carbons (Fsp3) is 0.300. The summed E-state index contributed by atoms with van der Waals surface area (Å²) in [5.41, 5.74) is 1.66. The number of carboxylic acids is 1. The van der Waals surface area contributed by atoms with Gasteiger partial charge in [-0.2, -0.15) is 0 Å². The molecule has 0 bridgehead atoms. The first-order chi connectivity index (χ1) is 6.64. The molecule has 0 saturated heterocycles. The van der Waals surface area contributed by atoms with Crippen LogP contribution in [0, 0.1) is 0 Å². The lowest BCUT2D eigenvalue weighted by atomic mass is 9.94. The SMILES string of the molecule is O=C(O)C1(Cl)NCCc2ccccc21. The second-order valence-corrected chi connectivity index (χ2v) is 3.86. The minimum atomic E-state index is -1.45. The van der Waals surface area contributed by atoms with Gasteiger partial charge >= 0.3 is 5.97 Å². The lowest BCUT2D eigenvalue weighted by Gasteiger charge is -2.30. The number of carbonyl (C=O) groups is 1. The molecule has 1 aromatic rings. The molecule has 0 amide bonds. The smallest absolute Gasteiger partial charge is 0.344 e. The Morgan fingerprint density at radius 3 is 2.93 bits per heavy atom. The largest absolute Gasteiger partial charge is 0.479 e. The van der Waals surface area contributed by atoms with Crippen LogP contribution in [0.3, 0.4) is 0 Å². The van der Waals surface area contributed by atoms with Crippen molar-refractivity contribution in [3.63, 3.8) is 0 Å². The lowest BCUT2D eigenvalue weighted by molar-refractivity contribution is -0.141. The Labute approximate surface area is 86.7 Å². The highest BCUT2D eigenvalue weighted by Gasteiger charge is 2.41. The van der Waals surface area contributed by atoms with E-state index in [2.05, 4.69) is 5.32 Å². The number of carboxylic acid groups (broad SMARTS) is 1. The van der Waals surface area contributed by atoms with Gasteiger partial charge in [0, 0.05) is 12.1 Å². The summed E-state index contributed by atoms with van der Waals surface area (Å²) in [5, 5.41) is 11.9. The van der Waals surface area contributed by atoms with Crippen LogP contribution >= 0.6 is 11.6 Å². The van der Waals surface area contributed by atoms with E-state index in [0.717, 1.165) is 12.0 Å². The fourth-order valence-electron chi connectivity index (χ4n) is 1.73. The summed E-state index contributed by atoms with van der Waals surface area (Å²) in [6, 6.07) is 7.36. The highest BCUT2D eigenvalue weighted by molar-refractivity contribution is 6.33. The van der Waals surface area contributed by atoms with E-state index in [-0.39, 0.29) is 0 Å². The Hall–Kier alpha value is -1.06. The van der Waals surface area contributed by atoms with Crippen LogP contribution in [0.2, 0.25) is 0 Å². The van der Waals surface area contributed by atoms with Crippen LogP contribution in [-0.2, 0) is 16.2 Å². The second-order valence-electron chi connectivity index (χ2n) is 3.30. The maximum absolute atomic E-state index is 11.0. The molecule has 2 rings (SSSR count). The molecule has 0 radical (unpaired) electrons. The third-order valence-corrected chi connectivity index (χ3v) is 2.95. The Bertz CT molecular complexity index is 380. The number of hydrogen-bond acceptors (Lipinski definition) is 2. The number of alkyl halides is 1. The van der Waals surface area contributed by atoms with Gasteiger partial charge in [0.2, 0.25) is 5.00 Å². The number of fused-ring (bicyclic) bond motifs is 1. The number of hydrogen-bond donors (Lipinski definition) is 2. The normalized spacial score (nSPS) is 25.5. The quantitative estimate of drug-likeness (QED) is 0.544. The van der Waals surface area contributed by atoms with E-state index in [1.807, 2.05) is 12.1 Å². The van der Waals surface area contributed by atoms with Gasteiger partial charge < -0.3 is 5.11 Å². The van der Waals surface area contributed by atoms with E-state index in [9.17, 15) is 4.79 Å². The van der Waals surface area contributed by atoms with E-state index in [0.29, 0.717) is 12.1 Å². The number of rotatable bonds is 1. The molecule has 2 N–H and O–H groups in total. The third kappa shape index (κ3) is 1.29. The molecule has 1 aromatic carbocycles. The predicted molar refractivity (Wildman–Crippen MR) is 53.3 cm³/mol. The van der Waals surface area contributed by atoms with Crippen molar-refractivity contribution in [3.05, 3.63) is 35.4 Å². The molecule has 0 fully saturated rings. The van der Waals surface area contributed by atoms with E-state index >= 15 is 0 Å². The molecule has 0 saturated carbocycles.